The Kier molecular flexibility index (Phi) is 5.55. The van der Waals surface area contributed by atoms with Crippen LogP contribution >= 0.6 is 0 Å². The van der Waals surface area contributed by atoms with E-state index in [1.165, 1.54) is 11.1 Å². The molecule has 0 fully saturated rings. The molecule has 1 N–H and O–H groups in total. The summed E-state index contributed by atoms with van der Waals surface area (Å²) in [7, 11) is 1.70. The fourth-order valence-corrected chi connectivity index (χ4v) is 1.95. The van der Waals surface area contributed by atoms with Gasteiger partial charge in [0, 0.05) is 19.5 Å². The summed E-state index contributed by atoms with van der Waals surface area (Å²) < 4.78 is 5.42. The highest BCUT2D eigenvalue weighted by Gasteiger charge is 2.19. The van der Waals surface area contributed by atoms with E-state index in [1.807, 2.05) is 6.07 Å². The predicted octanol–water partition coefficient (Wildman–Crippen LogP) is 3.06. The predicted molar refractivity (Wildman–Crippen MR) is 78.7 cm³/mol. The highest BCUT2D eigenvalue weighted by Crippen LogP contribution is 2.31. The zero-order valence-corrected chi connectivity index (χ0v) is 12.7. The molecule has 0 bridgehead atoms. The van der Waals surface area contributed by atoms with Gasteiger partial charge in [-0.1, -0.05) is 32.9 Å². The minimum atomic E-state index is 0.0563. The maximum Gasteiger partial charge on any atom is 0.131 e. The largest absolute Gasteiger partial charge is 0.496 e. The number of hydrogen-bond donors (Lipinski definition) is 1. The third kappa shape index (κ3) is 5.03. The molecule has 0 unspecified atom stereocenters. The lowest BCUT2D eigenvalue weighted by Gasteiger charge is -2.23. The summed E-state index contributed by atoms with van der Waals surface area (Å²) in [6.45, 7) is 9.66. The molecule has 106 valence electrons. The lowest BCUT2D eigenvalue weighted by molar-refractivity contribution is -0.116. The van der Waals surface area contributed by atoms with Crippen LogP contribution in [0.4, 0.5) is 0 Å². The molecule has 0 saturated carbocycles. The quantitative estimate of drug-likeness (QED) is 0.802. The van der Waals surface area contributed by atoms with Gasteiger partial charge in [0.2, 0.25) is 0 Å². The molecule has 0 radical (unpaired) electrons. The van der Waals surface area contributed by atoms with Gasteiger partial charge < -0.3 is 10.1 Å². The Bertz CT molecular complexity index is 433. The number of benzene rings is 1. The molecule has 19 heavy (non-hydrogen) atoms. The second kappa shape index (κ2) is 6.71. The van der Waals surface area contributed by atoms with Crippen molar-refractivity contribution in [3.63, 3.8) is 0 Å². The molecule has 0 heterocycles. The number of methoxy groups -OCH3 is 1. The maximum atomic E-state index is 10.9. The summed E-state index contributed by atoms with van der Waals surface area (Å²) in [5.41, 5.74) is 2.48. The molecule has 1 aromatic rings. The topological polar surface area (TPSA) is 38.3 Å². The maximum absolute atomic E-state index is 10.9. The SMILES string of the molecule is COc1ccc(CNCCC(C)=O)cc1C(C)(C)C. The van der Waals surface area contributed by atoms with Gasteiger partial charge in [-0.05, 0) is 29.5 Å². The summed E-state index contributed by atoms with van der Waals surface area (Å²) in [5.74, 6) is 1.15. The van der Waals surface area contributed by atoms with Crippen LogP contribution in [-0.2, 0) is 16.8 Å². The molecule has 0 aliphatic carbocycles. The van der Waals surface area contributed by atoms with Gasteiger partial charge in [-0.25, -0.2) is 0 Å². The third-order valence-corrected chi connectivity index (χ3v) is 3.05. The Balaban J connectivity index is 2.73. The zero-order chi connectivity index (χ0) is 14.5. The standard InChI is InChI=1S/C16H25NO2/c1-12(18)8-9-17-11-13-6-7-15(19-5)14(10-13)16(2,3)4/h6-7,10,17H,8-9,11H2,1-5H3. The van der Waals surface area contributed by atoms with Crippen LogP contribution in [0.15, 0.2) is 18.2 Å². The van der Waals surface area contributed by atoms with Crippen LogP contribution in [0.1, 0.15) is 45.2 Å². The van der Waals surface area contributed by atoms with Crippen molar-refractivity contribution in [3.05, 3.63) is 29.3 Å². The van der Waals surface area contributed by atoms with Crippen molar-refractivity contribution in [1.82, 2.24) is 5.32 Å². The molecule has 0 spiro atoms. The number of hydrogen-bond acceptors (Lipinski definition) is 3. The van der Waals surface area contributed by atoms with Crippen molar-refractivity contribution in [3.8, 4) is 5.75 Å². The van der Waals surface area contributed by atoms with E-state index in [2.05, 4.69) is 38.2 Å². The van der Waals surface area contributed by atoms with Crippen molar-refractivity contribution in [2.45, 2.75) is 46.1 Å². The van der Waals surface area contributed by atoms with E-state index in [4.69, 9.17) is 4.74 Å². The molecule has 0 aliphatic heterocycles. The van der Waals surface area contributed by atoms with Crippen LogP contribution in [0.2, 0.25) is 0 Å². The van der Waals surface area contributed by atoms with Gasteiger partial charge in [-0.2, -0.15) is 0 Å². The Hall–Kier alpha value is -1.35. The average molecular weight is 263 g/mol. The first-order valence-electron chi connectivity index (χ1n) is 6.72. The van der Waals surface area contributed by atoms with Crippen LogP contribution in [0.3, 0.4) is 0 Å². The van der Waals surface area contributed by atoms with E-state index >= 15 is 0 Å². The molecule has 0 saturated heterocycles. The molecule has 0 aromatic heterocycles. The van der Waals surface area contributed by atoms with E-state index in [0.717, 1.165) is 18.8 Å². The van der Waals surface area contributed by atoms with Gasteiger partial charge in [0.15, 0.2) is 0 Å². The van der Waals surface area contributed by atoms with E-state index in [-0.39, 0.29) is 11.2 Å². The van der Waals surface area contributed by atoms with E-state index in [9.17, 15) is 4.79 Å². The van der Waals surface area contributed by atoms with Crippen molar-refractivity contribution >= 4 is 5.78 Å². The number of carbonyl (C=O) groups excluding carboxylic acids is 1. The molecule has 0 aliphatic rings. The number of rotatable bonds is 6. The minimum Gasteiger partial charge on any atom is -0.496 e. The average Bonchev–Trinajstić information content (AvgIpc) is 2.33. The second-order valence-corrected chi connectivity index (χ2v) is 5.91. The molecule has 0 atom stereocenters. The first kappa shape index (κ1) is 15.7. The Labute approximate surface area is 116 Å². The summed E-state index contributed by atoms with van der Waals surface area (Å²) in [6, 6.07) is 6.26. The van der Waals surface area contributed by atoms with Crippen molar-refractivity contribution in [2.75, 3.05) is 13.7 Å². The fourth-order valence-electron chi connectivity index (χ4n) is 1.95. The van der Waals surface area contributed by atoms with Crippen LogP contribution in [0, 0.1) is 0 Å². The van der Waals surface area contributed by atoms with Gasteiger partial charge in [0.25, 0.3) is 0 Å². The highest BCUT2D eigenvalue weighted by atomic mass is 16.5. The monoisotopic (exact) mass is 263 g/mol. The van der Waals surface area contributed by atoms with Crippen molar-refractivity contribution in [1.29, 1.82) is 0 Å². The van der Waals surface area contributed by atoms with E-state index in [0.29, 0.717) is 6.42 Å². The van der Waals surface area contributed by atoms with Gasteiger partial charge >= 0.3 is 0 Å². The molecular weight excluding hydrogens is 238 g/mol. The van der Waals surface area contributed by atoms with E-state index < -0.39 is 0 Å². The normalized spacial score (nSPS) is 11.4. The van der Waals surface area contributed by atoms with Crippen LogP contribution in [0.25, 0.3) is 0 Å². The second-order valence-electron chi connectivity index (χ2n) is 5.91. The minimum absolute atomic E-state index is 0.0563. The Morgan fingerprint density at radius 1 is 1.32 bits per heavy atom. The van der Waals surface area contributed by atoms with Crippen molar-refractivity contribution in [2.24, 2.45) is 0 Å². The molecule has 1 rings (SSSR count). The van der Waals surface area contributed by atoms with Crippen LogP contribution in [-0.4, -0.2) is 19.4 Å². The number of Topliss-reactive ketones (excluding diaryl/α,β-unsaturated/α-hetero) is 1. The van der Waals surface area contributed by atoms with Crippen LogP contribution < -0.4 is 10.1 Å². The fraction of sp³-hybridized carbons (Fsp3) is 0.562. The zero-order valence-electron chi connectivity index (χ0n) is 12.7. The molecule has 0 amide bonds. The van der Waals surface area contributed by atoms with E-state index in [1.54, 1.807) is 14.0 Å². The number of ether oxygens (including phenoxy) is 1. The molecule has 3 nitrogen and oxygen atoms in total. The molecular formula is C16H25NO2. The summed E-state index contributed by atoms with van der Waals surface area (Å²) in [6.07, 6.45) is 0.586. The highest BCUT2D eigenvalue weighted by molar-refractivity contribution is 5.75. The van der Waals surface area contributed by atoms with Crippen LogP contribution in [0.5, 0.6) is 5.75 Å². The van der Waals surface area contributed by atoms with Gasteiger partial charge in [-0.15, -0.1) is 0 Å². The van der Waals surface area contributed by atoms with Gasteiger partial charge in [-0.3, -0.25) is 4.79 Å². The Morgan fingerprint density at radius 2 is 2.00 bits per heavy atom. The van der Waals surface area contributed by atoms with Gasteiger partial charge in [0.05, 0.1) is 7.11 Å². The lowest BCUT2D eigenvalue weighted by Crippen LogP contribution is -2.18. The summed E-state index contributed by atoms with van der Waals surface area (Å²) in [4.78, 5) is 10.9. The van der Waals surface area contributed by atoms with Gasteiger partial charge in [0.1, 0.15) is 11.5 Å². The lowest BCUT2D eigenvalue weighted by atomic mass is 9.85. The first-order valence-corrected chi connectivity index (χ1v) is 6.72. The molecule has 3 heteroatoms. The number of ketones is 1. The first-order chi connectivity index (χ1) is 8.84. The number of carbonyl (C=O) groups is 1. The third-order valence-electron chi connectivity index (χ3n) is 3.05. The molecule has 1 aromatic carbocycles. The van der Waals surface area contributed by atoms with Crippen molar-refractivity contribution < 1.29 is 9.53 Å². The smallest absolute Gasteiger partial charge is 0.131 e. The summed E-state index contributed by atoms with van der Waals surface area (Å²) >= 11 is 0. The Morgan fingerprint density at radius 3 is 2.53 bits per heavy atom. The number of nitrogens with one attached hydrogen (secondary N) is 1. The summed E-state index contributed by atoms with van der Waals surface area (Å²) in [5, 5.41) is 3.29.